The zero-order valence-corrected chi connectivity index (χ0v) is 18.0. The molecular formula is C19H18ClN3O5S2. The normalized spacial score (nSPS) is 10.8. The zero-order valence-electron chi connectivity index (χ0n) is 15.6. The maximum absolute atomic E-state index is 12.1. The molecule has 0 atom stereocenters. The van der Waals surface area contributed by atoms with Crippen molar-refractivity contribution in [3.05, 3.63) is 53.6 Å². The minimum atomic E-state index is -3.81. The molecule has 2 aromatic rings. The largest absolute Gasteiger partial charge is 0.456 e. The standard InChI is InChI=1S/C19H18ClN3O5S2/c20-14-4-3-5-15(12-14)30(26,27)22-10-8-19(25)28-13-18(24)23-16-6-1-2-7-17(16)29-11-9-21/h1-7,12,22H,8,10-11,13H2,(H,23,24). The van der Waals surface area contributed by atoms with E-state index in [0.717, 1.165) is 0 Å². The Labute approximate surface area is 183 Å². The Morgan fingerprint density at radius 3 is 2.67 bits per heavy atom. The van der Waals surface area contributed by atoms with Crippen molar-refractivity contribution in [2.75, 3.05) is 24.2 Å². The molecule has 8 nitrogen and oxygen atoms in total. The minimum absolute atomic E-state index is 0.0179. The number of benzene rings is 2. The van der Waals surface area contributed by atoms with E-state index < -0.39 is 28.5 Å². The Morgan fingerprint density at radius 2 is 1.93 bits per heavy atom. The molecule has 0 spiro atoms. The number of nitrogens with one attached hydrogen (secondary N) is 2. The van der Waals surface area contributed by atoms with Gasteiger partial charge in [0.2, 0.25) is 10.0 Å². The predicted molar refractivity (Wildman–Crippen MR) is 114 cm³/mol. The van der Waals surface area contributed by atoms with Gasteiger partial charge in [-0.25, -0.2) is 13.1 Å². The van der Waals surface area contributed by atoms with Crippen molar-refractivity contribution in [2.24, 2.45) is 0 Å². The number of nitrogens with zero attached hydrogens (tertiary/aromatic N) is 1. The molecule has 2 N–H and O–H groups in total. The smallest absolute Gasteiger partial charge is 0.307 e. The second-order valence-corrected chi connectivity index (χ2v) is 8.98. The molecule has 0 fully saturated rings. The number of esters is 1. The molecule has 0 saturated carbocycles. The van der Waals surface area contributed by atoms with Crippen LogP contribution in [0, 0.1) is 11.3 Å². The molecule has 158 valence electrons. The molecule has 0 aliphatic carbocycles. The number of halogens is 1. The Kier molecular flexibility index (Phi) is 9.14. The predicted octanol–water partition coefficient (Wildman–Crippen LogP) is 2.81. The number of carbonyl (C=O) groups is 2. The number of para-hydroxylation sites is 1. The monoisotopic (exact) mass is 467 g/mol. The van der Waals surface area contributed by atoms with Gasteiger partial charge in [-0.2, -0.15) is 5.26 Å². The fourth-order valence-electron chi connectivity index (χ4n) is 2.22. The van der Waals surface area contributed by atoms with Crippen LogP contribution in [0.5, 0.6) is 0 Å². The average molecular weight is 468 g/mol. The van der Waals surface area contributed by atoms with Gasteiger partial charge in [-0.3, -0.25) is 9.59 Å². The summed E-state index contributed by atoms with van der Waals surface area (Å²) in [6, 6.07) is 14.7. The van der Waals surface area contributed by atoms with E-state index in [9.17, 15) is 18.0 Å². The average Bonchev–Trinajstić information content (AvgIpc) is 2.71. The molecular weight excluding hydrogens is 450 g/mol. The topological polar surface area (TPSA) is 125 Å². The third-order valence-corrected chi connectivity index (χ3v) is 6.18. The SMILES string of the molecule is N#CCSc1ccccc1NC(=O)COC(=O)CCNS(=O)(=O)c1cccc(Cl)c1. The fraction of sp³-hybridized carbons (Fsp3) is 0.211. The van der Waals surface area contributed by atoms with E-state index in [4.69, 9.17) is 21.6 Å². The molecule has 0 saturated heterocycles. The highest BCUT2D eigenvalue weighted by molar-refractivity contribution is 7.99. The molecule has 0 radical (unpaired) electrons. The number of carbonyl (C=O) groups excluding carboxylic acids is 2. The van der Waals surface area contributed by atoms with Crippen molar-refractivity contribution in [1.29, 1.82) is 5.26 Å². The highest BCUT2D eigenvalue weighted by Gasteiger charge is 2.15. The van der Waals surface area contributed by atoms with Gasteiger partial charge >= 0.3 is 5.97 Å². The lowest BCUT2D eigenvalue weighted by Crippen LogP contribution is -2.28. The summed E-state index contributed by atoms with van der Waals surface area (Å²) in [5, 5.41) is 11.6. The molecule has 0 heterocycles. The third-order valence-electron chi connectivity index (χ3n) is 3.55. The van der Waals surface area contributed by atoms with Crippen LogP contribution in [-0.2, 0) is 24.3 Å². The minimum Gasteiger partial charge on any atom is -0.456 e. The summed E-state index contributed by atoms with van der Waals surface area (Å²) in [4.78, 5) is 24.5. The van der Waals surface area contributed by atoms with E-state index in [1.807, 2.05) is 6.07 Å². The Balaban J connectivity index is 1.77. The van der Waals surface area contributed by atoms with Crippen molar-refractivity contribution < 1.29 is 22.7 Å². The first-order valence-corrected chi connectivity index (χ1v) is 11.5. The Bertz CT molecular complexity index is 1050. The highest BCUT2D eigenvalue weighted by Crippen LogP contribution is 2.26. The van der Waals surface area contributed by atoms with E-state index in [-0.39, 0.29) is 28.6 Å². The third kappa shape index (κ3) is 7.68. The number of ether oxygens (including phenoxy) is 1. The molecule has 0 bridgehead atoms. The van der Waals surface area contributed by atoms with Gasteiger partial charge in [-0.15, -0.1) is 11.8 Å². The zero-order chi connectivity index (χ0) is 22.0. The van der Waals surface area contributed by atoms with Crippen molar-refractivity contribution in [3.63, 3.8) is 0 Å². The summed E-state index contributed by atoms with van der Waals surface area (Å²) in [6.07, 6.45) is -0.248. The second-order valence-electron chi connectivity index (χ2n) is 5.76. The molecule has 2 rings (SSSR count). The van der Waals surface area contributed by atoms with Gasteiger partial charge in [0.25, 0.3) is 5.91 Å². The van der Waals surface area contributed by atoms with Crippen LogP contribution in [-0.4, -0.2) is 39.2 Å². The van der Waals surface area contributed by atoms with Crippen molar-refractivity contribution in [2.45, 2.75) is 16.2 Å². The van der Waals surface area contributed by atoms with Gasteiger partial charge in [-0.05, 0) is 30.3 Å². The van der Waals surface area contributed by atoms with Crippen molar-refractivity contribution >= 4 is 50.9 Å². The van der Waals surface area contributed by atoms with Crippen LogP contribution in [0.1, 0.15) is 6.42 Å². The summed E-state index contributed by atoms with van der Waals surface area (Å²) < 4.78 is 31.4. The molecule has 0 aliphatic rings. The number of sulfonamides is 1. The van der Waals surface area contributed by atoms with Crippen LogP contribution in [0.15, 0.2) is 58.3 Å². The lowest BCUT2D eigenvalue weighted by atomic mass is 10.3. The van der Waals surface area contributed by atoms with E-state index in [2.05, 4.69) is 10.0 Å². The molecule has 0 aliphatic heterocycles. The highest BCUT2D eigenvalue weighted by atomic mass is 35.5. The first-order valence-electron chi connectivity index (χ1n) is 8.61. The van der Waals surface area contributed by atoms with Gasteiger partial charge in [0.15, 0.2) is 6.61 Å². The summed E-state index contributed by atoms with van der Waals surface area (Å²) in [7, 11) is -3.81. The molecule has 0 unspecified atom stereocenters. The van der Waals surface area contributed by atoms with Gasteiger partial charge in [0.1, 0.15) is 0 Å². The molecule has 0 aromatic heterocycles. The van der Waals surface area contributed by atoms with Crippen LogP contribution in [0.2, 0.25) is 5.02 Å². The van der Waals surface area contributed by atoms with E-state index in [1.54, 1.807) is 30.3 Å². The molecule has 30 heavy (non-hydrogen) atoms. The van der Waals surface area contributed by atoms with Gasteiger partial charge in [0.05, 0.1) is 28.8 Å². The number of rotatable bonds is 10. The maximum atomic E-state index is 12.1. The van der Waals surface area contributed by atoms with Gasteiger partial charge in [-0.1, -0.05) is 29.8 Å². The summed E-state index contributed by atoms with van der Waals surface area (Å²) in [5.74, 6) is -1.05. The summed E-state index contributed by atoms with van der Waals surface area (Å²) in [5.41, 5.74) is 0.507. The van der Waals surface area contributed by atoms with Crippen LogP contribution in [0.25, 0.3) is 0 Å². The quantitative estimate of drug-likeness (QED) is 0.406. The van der Waals surface area contributed by atoms with E-state index >= 15 is 0 Å². The van der Waals surface area contributed by atoms with Crippen LogP contribution >= 0.6 is 23.4 Å². The van der Waals surface area contributed by atoms with Gasteiger partial charge < -0.3 is 10.1 Å². The lowest BCUT2D eigenvalue weighted by molar-refractivity contribution is -0.147. The number of amides is 1. The number of thioether (sulfide) groups is 1. The fourth-order valence-corrected chi connectivity index (χ4v) is 4.22. The maximum Gasteiger partial charge on any atom is 0.307 e. The molecule has 2 aromatic carbocycles. The van der Waals surface area contributed by atoms with Crippen LogP contribution in [0.4, 0.5) is 5.69 Å². The summed E-state index contributed by atoms with van der Waals surface area (Å²) in [6.45, 7) is -0.708. The number of hydrogen-bond donors (Lipinski definition) is 2. The van der Waals surface area contributed by atoms with Crippen LogP contribution < -0.4 is 10.0 Å². The van der Waals surface area contributed by atoms with E-state index in [0.29, 0.717) is 10.6 Å². The molecule has 1 amide bonds. The summed E-state index contributed by atoms with van der Waals surface area (Å²) >= 11 is 7.05. The first kappa shape index (κ1) is 23.7. The second kappa shape index (κ2) is 11.6. The number of hydrogen-bond acceptors (Lipinski definition) is 7. The van der Waals surface area contributed by atoms with Crippen molar-refractivity contribution in [3.8, 4) is 6.07 Å². The van der Waals surface area contributed by atoms with Crippen LogP contribution in [0.3, 0.4) is 0 Å². The molecule has 11 heteroatoms. The lowest BCUT2D eigenvalue weighted by Gasteiger charge is -2.10. The first-order chi connectivity index (χ1) is 14.3. The van der Waals surface area contributed by atoms with Gasteiger partial charge in [0, 0.05) is 16.5 Å². The number of anilines is 1. The van der Waals surface area contributed by atoms with Crippen molar-refractivity contribution in [1.82, 2.24) is 4.72 Å². The Morgan fingerprint density at radius 1 is 1.17 bits per heavy atom. The van der Waals surface area contributed by atoms with E-state index in [1.165, 1.54) is 30.0 Å². The number of nitriles is 1. The Hall–Kier alpha value is -2.58.